The van der Waals surface area contributed by atoms with Gasteiger partial charge in [0.2, 0.25) is 0 Å². The summed E-state index contributed by atoms with van der Waals surface area (Å²) in [4.78, 5) is 12.6. The summed E-state index contributed by atoms with van der Waals surface area (Å²) in [6.07, 6.45) is 6.28. The monoisotopic (exact) mass is 454 g/mol. The van der Waals surface area contributed by atoms with Crippen LogP contribution >= 0.6 is 0 Å². The van der Waals surface area contributed by atoms with Crippen molar-refractivity contribution in [1.82, 2.24) is 5.32 Å². The fourth-order valence-electron chi connectivity index (χ4n) is 3.22. The molecule has 0 saturated heterocycles. The molecule has 1 rings (SSSR count). The summed E-state index contributed by atoms with van der Waals surface area (Å²) >= 11 is 0. The molecule has 0 aromatic carbocycles. The molecule has 8 heteroatoms. The minimum absolute atomic E-state index is 0.0447. The Morgan fingerprint density at radius 2 is 1.75 bits per heavy atom. The SMILES string of the molecule is CCOC(C)COC(C)COC(C)COC(=O)/C(C=N)=C1\C=C(NCCCOC)CCC1. The molecule has 0 amide bonds. The first kappa shape index (κ1) is 28.3. The van der Waals surface area contributed by atoms with Crippen molar-refractivity contribution in [2.75, 3.05) is 46.7 Å². The molecule has 0 aliphatic heterocycles. The maximum Gasteiger partial charge on any atom is 0.340 e. The number of carbonyl (C=O) groups excluding carboxylic acids is 1. The second-order valence-electron chi connectivity index (χ2n) is 8.03. The molecule has 32 heavy (non-hydrogen) atoms. The molecule has 1 aliphatic rings. The van der Waals surface area contributed by atoms with E-state index in [1.54, 1.807) is 7.11 Å². The van der Waals surface area contributed by atoms with Gasteiger partial charge in [0.25, 0.3) is 0 Å². The molecular formula is C24H42N2O6. The van der Waals surface area contributed by atoms with E-state index in [9.17, 15) is 4.79 Å². The summed E-state index contributed by atoms with van der Waals surface area (Å²) in [5.41, 5.74) is 2.22. The molecule has 1 aliphatic carbocycles. The molecule has 184 valence electrons. The number of esters is 1. The van der Waals surface area contributed by atoms with Crippen molar-refractivity contribution >= 4 is 12.2 Å². The van der Waals surface area contributed by atoms with Crippen LogP contribution in [0.3, 0.4) is 0 Å². The Morgan fingerprint density at radius 1 is 1.09 bits per heavy atom. The summed E-state index contributed by atoms with van der Waals surface area (Å²) < 4.78 is 27.4. The van der Waals surface area contributed by atoms with Crippen molar-refractivity contribution in [3.63, 3.8) is 0 Å². The van der Waals surface area contributed by atoms with Gasteiger partial charge in [0.15, 0.2) is 0 Å². The lowest BCUT2D eigenvalue weighted by Crippen LogP contribution is -2.27. The molecular weight excluding hydrogens is 412 g/mol. The number of rotatable bonds is 17. The molecule has 0 radical (unpaired) electrons. The van der Waals surface area contributed by atoms with Gasteiger partial charge in [-0.05, 0) is 65.0 Å². The highest BCUT2D eigenvalue weighted by Crippen LogP contribution is 2.23. The van der Waals surface area contributed by atoms with Crippen molar-refractivity contribution in [3.8, 4) is 0 Å². The van der Waals surface area contributed by atoms with Gasteiger partial charge in [-0.25, -0.2) is 4.79 Å². The zero-order valence-electron chi connectivity index (χ0n) is 20.4. The van der Waals surface area contributed by atoms with Gasteiger partial charge in [-0.15, -0.1) is 0 Å². The predicted molar refractivity (Wildman–Crippen MR) is 125 cm³/mol. The van der Waals surface area contributed by atoms with Crippen LogP contribution in [0.5, 0.6) is 0 Å². The second kappa shape index (κ2) is 16.8. The molecule has 0 saturated carbocycles. The standard InChI is InChI=1S/C24H42N2O6/c1-6-29-18(2)15-30-19(3)16-31-20(4)17-32-24(27)23(14-25)21-9-7-10-22(13-21)26-11-8-12-28-5/h13-14,18-20,25-26H,6-12,15-17H2,1-5H3/b23-21-,25-14?. The smallest absolute Gasteiger partial charge is 0.340 e. The molecule has 0 spiro atoms. The van der Waals surface area contributed by atoms with E-state index < -0.39 is 5.97 Å². The van der Waals surface area contributed by atoms with E-state index in [0.29, 0.717) is 32.0 Å². The lowest BCUT2D eigenvalue weighted by atomic mass is 9.95. The van der Waals surface area contributed by atoms with Crippen LogP contribution in [0.2, 0.25) is 0 Å². The van der Waals surface area contributed by atoms with Gasteiger partial charge in [-0.3, -0.25) is 0 Å². The van der Waals surface area contributed by atoms with Crippen LogP contribution in [0.4, 0.5) is 0 Å². The van der Waals surface area contributed by atoms with Gasteiger partial charge in [0, 0.05) is 38.8 Å². The van der Waals surface area contributed by atoms with Gasteiger partial charge in [0.1, 0.15) is 6.61 Å². The first-order valence-electron chi connectivity index (χ1n) is 11.6. The number of nitrogens with one attached hydrogen (secondary N) is 2. The normalized spacial score (nSPS) is 18.3. The maximum absolute atomic E-state index is 12.6. The first-order chi connectivity index (χ1) is 15.4. The third kappa shape index (κ3) is 11.8. The van der Waals surface area contributed by atoms with E-state index in [1.165, 1.54) is 0 Å². The Hall–Kier alpha value is -1.74. The Labute approximate surface area is 193 Å². The molecule has 3 atom stereocenters. The lowest BCUT2D eigenvalue weighted by Gasteiger charge is -2.20. The number of hydrogen-bond donors (Lipinski definition) is 2. The highest BCUT2D eigenvalue weighted by Gasteiger charge is 2.18. The van der Waals surface area contributed by atoms with E-state index in [2.05, 4.69) is 5.32 Å². The van der Waals surface area contributed by atoms with Crippen molar-refractivity contribution in [1.29, 1.82) is 5.41 Å². The molecule has 2 N–H and O–H groups in total. The third-order valence-corrected chi connectivity index (χ3v) is 4.96. The van der Waals surface area contributed by atoms with Crippen molar-refractivity contribution in [2.45, 2.75) is 71.7 Å². The average molecular weight is 455 g/mol. The van der Waals surface area contributed by atoms with E-state index in [4.69, 9.17) is 29.1 Å². The van der Waals surface area contributed by atoms with Crippen molar-refractivity contribution in [3.05, 3.63) is 22.9 Å². The minimum atomic E-state index is -0.489. The Morgan fingerprint density at radius 3 is 2.38 bits per heavy atom. The van der Waals surface area contributed by atoms with E-state index in [0.717, 1.165) is 49.7 Å². The lowest BCUT2D eigenvalue weighted by molar-refractivity contribution is -0.143. The van der Waals surface area contributed by atoms with Gasteiger partial charge in [0.05, 0.1) is 37.1 Å². The molecule has 0 aromatic rings. The van der Waals surface area contributed by atoms with Crippen LogP contribution in [0.25, 0.3) is 0 Å². The van der Waals surface area contributed by atoms with Gasteiger partial charge in [-0.2, -0.15) is 0 Å². The summed E-state index contributed by atoms with van der Waals surface area (Å²) in [6.45, 7) is 10.9. The quantitative estimate of drug-likeness (QED) is 0.150. The largest absolute Gasteiger partial charge is 0.459 e. The number of ether oxygens (including phenoxy) is 5. The minimum Gasteiger partial charge on any atom is -0.459 e. The van der Waals surface area contributed by atoms with Crippen molar-refractivity contribution < 1.29 is 28.5 Å². The highest BCUT2D eigenvalue weighted by molar-refractivity contribution is 6.09. The summed E-state index contributed by atoms with van der Waals surface area (Å²) in [7, 11) is 1.69. The van der Waals surface area contributed by atoms with E-state index in [-0.39, 0.29) is 24.9 Å². The van der Waals surface area contributed by atoms with Crippen molar-refractivity contribution in [2.24, 2.45) is 0 Å². The van der Waals surface area contributed by atoms with E-state index in [1.807, 2.05) is 33.8 Å². The Kier molecular flexibility index (Phi) is 14.9. The number of allylic oxidation sites excluding steroid dienone is 3. The fourth-order valence-corrected chi connectivity index (χ4v) is 3.22. The summed E-state index contributed by atoms with van der Waals surface area (Å²) in [6, 6.07) is 0. The predicted octanol–water partition coefficient (Wildman–Crippen LogP) is 3.40. The van der Waals surface area contributed by atoms with Gasteiger partial charge in [-0.1, -0.05) is 0 Å². The van der Waals surface area contributed by atoms with Crippen LogP contribution in [-0.4, -0.2) is 77.2 Å². The third-order valence-electron chi connectivity index (χ3n) is 4.96. The molecule has 0 heterocycles. The molecule has 0 bridgehead atoms. The van der Waals surface area contributed by atoms with Gasteiger partial charge >= 0.3 is 5.97 Å². The molecule has 8 nitrogen and oxygen atoms in total. The molecule has 0 aromatic heterocycles. The Bertz CT molecular complexity index is 620. The van der Waals surface area contributed by atoms with Crippen LogP contribution in [-0.2, 0) is 28.5 Å². The topological polar surface area (TPSA) is 99.1 Å². The second-order valence-corrected chi connectivity index (χ2v) is 8.03. The van der Waals surface area contributed by atoms with Crippen LogP contribution < -0.4 is 5.32 Å². The first-order valence-corrected chi connectivity index (χ1v) is 11.6. The highest BCUT2D eigenvalue weighted by atomic mass is 16.6. The Balaban J connectivity index is 2.47. The number of hydrogen-bond acceptors (Lipinski definition) is 8. The summed E-state index contributed by atoms with van der Waals surface area (Å²) in [5.74, 6) is -0.489. The molecule has 0 fully saturated rings. The average Bonchev–Trinajstić information content (AvgIpc) is 2.78. The number of carbonyl (C=O) groups is 1. The van der Waals surface area contributed by atoms with Crippen LogP contribution in [0.1, 0.15) is 53.4 Å². The maximum atomic E-state index is 12.6. The zero-order valence-corrected chi connectivity index (χ0v) is 20.4. The van der Waals surface area contributed by atoms with Crippen LogP contribution in [0.15, 0.2) is 22.9 Å². The number of methoxy groups -OCH3 is 1. The summed E-state index contributed by atoms with van der Waals surface area (Å²) in [5, 5.41) is 11.1. The zero-order chi connectivity index (χ0) is 23.8. The van der Waals surface area contributed by atoms with Gasteiger partial charge < -0.3 is 34.4 Å². The van der Waals surface area contributed by atoms with E-state index >= 15 is 0 Å². The fraction of sp³-hybridized carbons (Fsp3) is 0.750. The molecule has 3 unspecified atom stereocenters. The van der Waals surface area contributed by atoms with Crippen LogP contribution in [0, 0.1) is 5.41 Å².